The molecule has 1 heterocycles. The first-order valence-electron chi connectivity index (χ1n) is 8.06. The van der Waals surface area contributed by atoms with Gasteiger partial charge in [0.05, 0.1) is 12.4 Å². The van der Waals surface area contributed by atoms with E-state index in [1.54, 1.807) is 13.0 Å². The van der Waals surface area contributed by atoms with Gasteiger partial charge < -0.3 is 9.47 Å². The van der Waals surface area contributed by atoms with Crippen LogP contribution in [0.15, 0.2) is 36.0 Å². The third kappa shape index (κ3) is 5.35. The zero-order valence-corrected chi connectivity index (χ0v) is 15.6. The van der Waals surface area contributed by atoms with E-state index in [1.165, 1.54) is 11.8 Å². The average molecular weight is 361 g/mol. The predicted molar refractivity (Wildman–Crippen MR) is 97.8 cm³/mol. The Balaban J connectivity index is 2.08. The summed E-state index contributed by atoms with van der Waals surface area (Å²) in [6.07, 6.45) is 1.76. The lowest BCUT2D eigenvalue weighted by Crippen LogP contribution is -2.10. The smallest absolute Gasteiger partial charge is 0.316 e. The standard InChI is InChI=1S/C18H23N3O3S/c1-5-9-21-16(11-24-15-10-13(3)7-8-14(15)4)19-20-18(21)25-12-17(22)23-6-2/h5,7-8,10H,1,6,9,11-12H2,2-4H3. The molecule has 0 aliphatic rings. The summed E-state index contributed by atoms with van der Waals surface area (Å²) in [6, 6.07) is 6.08. The molecule has 0 fully saturated rings. The van der Waals surface area contributed by atoms with Gasteiger partial charge in [-0.25, -0.2) is 0 Å². The molecule has 25 heavy (non-hydrogen) atoms. The van der Waals surface area contributed by atoms with Crippen LogP contribution >= 0.6 is 11.8 Å². The summed E-state index contributed by atoms with van der Waals surface area (Å²) in [4.78, 5) is 11.5. The van der Waals surface area contributed by atoms with E-state index in [0.717, 1.165) is 16.9 Å². The number of aromatic nitrogens is 3. The highest BCUT2D eigenvalue weighted by Crippen LogP contribution is 2.22. The number of rotatable bonds is 9. The third-order valence-electron chi connectivity index (χ3n) is 3.43. The second kappa shape index (κ2) is 9.27. The first-order chi connectivity index (χ1) is 12.0. The van der Waals surface area contributed by atoms with E-state index in [2.05, 4.69) is 16.8 Å². The lowest BCUT2D eigenvalue weighted by molar-refractivity contribution is -0.139. The highest BCUT2D eigenvalue weighted by atomic mass is 32.2. The Bertz CT molecular complexity index is 743. The maximum Gasteiger partial charge on any atom is 0.316 e. The number of benzene rings is 1. The fourth-order valence-corrected chi connectivity index (χ4v) is 2.94. The minimum absolute atomic E-state index is 0.195. The maximum absolute atomic E-state index is 11.5. The van der Waals surface area contributed by atoms with Gasteiger partial charge in [0.25, 0.3) is 0 Å². The largest absolute Gasteiger partial charge is 0.485 e. The second-order valence-corrected chi connectivity index (χ2v) is 6.39. The fourth-order valence-electron chi connectivity index (χ4n) is 2.18. The normalized spacial score (nSPS) is 10.5. The molecular formula is C18H23N3O3S. The Kier molecular flexibility index (Phi) is 7.06. The highest BCUT2D eigenvalue weighted by Gasteiger charge is 2.14. The summed E-state index contributed by atoms with van der Waals surface area (Å²) in [5.74, 6) is 1.44. The van der Waals surface area contributed by atoms with Crippen molar-refractivity contribution in [1.29, 1.82) is 0 Å². The van der Waals surface area contributed by atoms with E-state index in [4.69, 9.17) is 9.47 Å². The molecule has 1 aromatic carbocycles. The number of carbonyl (C=O) groups is 1. The van der Waals surface area contributed by atoms with E-state index >= 15 is 0 Å². The molecule has 6 nitrogen and oxygen atoms in total. The van der Waals surface area contributed by atoms with Crippen molar-refractivity contribution in [2.75, 3.05) is 12.4 Å². The molecule has 0 aliphatic heterocycles. The van der Waals surface area contributed by atoms with Gasteiger partial charge in [0, 0.05) is 6.54 Å². The number of hydrogen-bond acceptors (Lipinski definition) is 6. The Morgan fingerprint density at radius 1 is 1.36 bits per heavy atom. The van der Waals surface area contributed by atoms with Crippen LogP contribution in [0.1, 0.15) is 23.9 Å². The number of thioether (sulfide) groups is 1. The number of hydrogen-bond donors (Lipinski definition) is 0. The molecule has 0 saturated carbocycles. The van der Waals surface area contributed by atoms with Gasteiger partial charge in [-0.15, -0.1) is 16.8 Å². The van der Waals surface area contributed by atoms with E-state index in [9.17, 15) is 4.79 Å². The van der Waals surface area contributed by atoms with Crippen molar-refractivity contribution in [2.24, 2.45) is 0 Å². The van der Waals surface area contributed by atoms with Gasteiger partial charge in [-0.3, -0.25) is 9.36 Å². The average Bonchev–Trinajstić information content (AvgIpc) is 2.96. The zero-order valence-electron chi connectivity index (χ0n) is 14.8. The van der Waals surface area contributed by atoms with Gasteiger partial charge in [-0.1, -0.05) is 30.0 Å². The number of ether oxygens (including phenoxy) is 2. The minimum Gasteiger partial charge on any atom is -0.485 e. The van der Waals surface area contributed by atoms with Crippen LogP contribution in [0.5, 0.6) is 5.75 Å². The van der Waals surface area contributed by atoms with Crippen molar-refractivity contribution >= 4 is 17.7 Å². The molecule has 0 amide bonds. The molecule has 0 bridgehead atoms. The maximum atomic E-state index is 11.5. The van der Waals surface area contributed by atoms with E-state index in [0.29, 0.717) is 30.7 Å². The van der Waals surface area contributed by atoms with Crippen molar-refractivity contribution in [2.45, 2.75) is 39.1 Å². The number of aryl methyl sites for hydroxylation is 2. The molecule has 134 valence electrons. The summed E-state index contributed by atoms with van der Waals surface area (Å²) in [5.41, 5.74) is 2.20. The molecule has 0 spiro atoms. The Labute approximate surface area is 152 Å². The summed E-state index contributed by atoms with van der Waals surface area (Å²) >= 11 is 1.29. The van der Waals surface area contributed by atoms with Crippen LogP contribution in [-0.2, 0) is 22.7 Å². The quantitative estimate of drug-likeness (QED) is 0.388. The van der Waals surface area contributed by atoms with Crippen LogP contribution < -0.4 is 4.74 Å². The Hall–Kier alpha value is -2.28. The van der Waals surface area contributed by atoms with Gasteiger partial charge >= 0.3 is 5.97 Å². The topological polar surface area (TPSA) is 66.2 Å². The first-order valence-corrected chi connectivity index (χ1v) is 9.05. The van der Waals surface area contributed by atoms with Gasteiger partial charge in [0.1, 0.15) is 12.4 Å². The lowest BCUT2D eigenvalue weighted by Gasteiger charge is -2.11. The summed E-state index contributed by atoms with van der Waals surface area (Å²) in [7, 11) is 0. The lowest BCUT2D eigenvalue weighted by atomic mass is 10.1. The van der Waals surface area contributed by atoms with Crippen molar-refractivity contribution in [3.63, 3.8) is 0 Å². The van der Waals surface area contributed by atoms with E-state index in [-0.39, 0.29) is 11.7 Å². The van der Waals surface area contributed by atoms with E-state index < -0.39 is 0 Å². The molecule has 0 saturated heterocycles. The monoisotopic (exact) mass is 361 g/mol. The molecule has 2 aromatic rings. The molecule has 0 aliphatic carbocycles. The molecular weight excluding hydrogens is 338 g/mol. The molecule has 7 heteroatoms. The first kappa shape index (κ1) is 19.1. The molecule has 0 radical (unpaired) electrons. The number of nitrogens with zero attached hydrogens (tertiary/aromatic N) is 3. The van der Waals surface area contributed by atoms with Gasteiger partial charge in [0.15, 0.2) is 11.0 Å². The Morgan fingerprint density at radius 2 is 2.16 bits per heavy atom. The van der Waals surface area contributed by atoms with Crippen LogP contribution in [0.3, 0.4) is 0 Å². The van der Waals surface area contributed by atoms with Crippen molar-refractivity contribution in [3.05, 3.63) is 47.8 Å². The van der Waals surface area contributed by atoms with Crippen LogP contribution in [0.2, 0.25) is 0 Å². The summed E-state index contributed by atoms with van der Waals surface area (Å²) < 4.78 is 12.7. The van der Waals surface area contributed by atoms with Crippen molar-refractivity contribution in [1.82, 2.24) is 14.8 Å². The molecule has 0 unspecified atom stereocenters. The third-order valence-corrected chi connectivity index (χ3v) is 4.37. The molecule has 2 rings (SSSR count). The van der Waals surface area contributed by atoms with Gasteiger partial charge in [-0.05, 0) is 38.0 Å². The molecule has 0 N–H and O–H groups in total. The second-order valence-electron chi connectivity index (χ2n) is 5.45. The number of allylic oxidation sites excluding steroid dienone is 1. The Morgan fingerprint density at radius 3 is 2.88 bits per heavy atom. The van der Waals surface area contributed by atoms with Gasteiger partial charge in [-0.2, -0.15) is 0 Å². The highest BCUT2D eigenvalue weighted by molar-refractivity contribution is 7.99. The van der Waals surface area contributed by atoms with Crippen LogP contribution in [0.25, 0.3) is 0 Å². The number of esters is 1. The zero-order chi connectivity index (χ0) is 18.2. The van der Waals surface area contributed by atoms with Crippen LogP contribution in [0, 0.1) is 13.8 Å². The fraction of sp³-hybridized carbons (Fsp3) is 0.389. The van der Waals surface area contributed by atoms with Crippen molar-refractivity contribution < 1.29 is 14.3 Å². The van der Waals surface area contributed by atoms with E-state index in [1.807, 2.05) is 36.6 Å². The van der Waals surface area contributed by atoms with Crippen LogP contribution in [0.4, 0.5) is 0 Å². The molecule has 1 aromatic heterocycles. The summed E-state index contributed by atoms with van der Waals surface area (Å²) in [6.45, 7) is 10.8. The predicted octanol–water partition coefficient (Wildman–Crippen LogP) is 3.32. The van der Waals surface area contributed by atoms with Gasteiger partial charge in [0.2, 0.25) is 0 Å². The number of carbonyl (C=O) groups excluding carboxylic acids is 1. The summed E-state index contributed by atoms with van der Waals surface area (Å²) in [5, 5.41) is 9.00. The van der Waals surface area contributed by atoms with Crippen molar-refractivity contribution in [3.8, 4) is 5.75 Å². The van der Waals surface area contributed by atoms with Crippen LogP contribution in [-0.4, -0.2) is 33.1 Å². The minimum atomic E-state index is -0.270. The molecule has 0 atom stereocenters. The SMILES string of the molecule is C=CCn1c(COc2cc(C)ccc2C)nnc1SCC(=O)OCC.